The molecule has 0 amide bonds. The Bertz CT molecular complexity index is 658. The SMILES string of the molecule is Fc1ccc(-c2cccc(-c3ccc(F)cc3)[o+]2)cc1. The second kappa shape index (κ2) is 5.21. The van der Waals surface area contributed by atoms with Crippen molar-refractivity contribution in [1.82, 2.24) is 0 Å². The van der Waals surface area contributed by atoms with Gasteiger partial charge in [-0.05, 0) is 54.6 Å². The molecule has 0 fully saturated rings. The van der Waals surface area contributed by atoms with Crippen molar-refractivity contribution in [2.75, 3.05) is 0 Å². The van der Waals surface area contributed by atoms with Crippen LogP contribution < -0.4 is 0 Å². The minimum Gasteiger partial charge on any atom is -0.207 e. The Morgan fingerprint density at radius 3 is 1.35 bits per heavy atom. The Morgan fingerprint density at radius 1 is 0.550 bits per heavy atom. The van der Waals surface area contributed by atoms with E-state index in [1.165, 1.54) is 24.3 Å². The van der Waals surface area contributed by atoms with Crippen LogP contribution in [0.4, 0.5) is 8.78 Å². The molecule has 0 unspecified atom stereocenters. The predicted molar refractivity (Wildman–Crippen MR) is 73.9 cm³/mol. The molecule has 1 aromatic heterocycles. The van der Waals surface area contributed by atoms with Crippen LogP contribution in [0.3, 0.4) is 0 Å². The molecule has 0 atom stereocenters. The van der Waals surface area contributed by atoms with Gasteiger partial charge < -0.3 is 0 Å². The highest BCUT2D eigenvalue weighted by Crippen LogP contribution is 2.26. The zero-order valence-electron chi connectivity index (χ0n) is 10.5. The maximum atomic E-state index is 12.9. The van der Waals surface area contributed by atoms with Crippen LogP contribution in [0.5, 0.6) is 0 Å². The molecule has 1 heterocycles. The van der Waals surface area contributed by atoms with E-state index >= 15 is 0 Å². The van der Waals surface area contributed by atoms with E-state index in [2.05, 4.69) is 0 Å². The van der Waals surface area contributed by atoms with Gasteiger partial charge in [0.15, 0.2) is 0 Å². The number of hydrogen-bond donors (Lipinski definition) is 0. The zero-order valence-corrected chi connectivity index (χ0v) is 10.5. The lowest BCUT2D eigenvalue weighted by Gasteiger charge is -1.95. The standard InChI is InChI=1S/C17H11F2O/c18-14-8-4-12(5-9-14)16-2-1-3-17(20-16)13-6-10-15(19)11-7-13/h1-11H/q+1. The van der Waals surface area contributed by atoms with Crippen molar-refractivity contribution in [3.8, 4) is 22.6 Å². The molecule has 3 rings (SSSR count). The van der Waals surface area contributed by atoms with Crippen molar-refractivity contribution < 1.29 is 13.2 Å². The third kappa shape index (κ3) is 2.57. The Labute approximate surface area is 115 Å². The molecule has 0 N–H and O–H groups in total. The Hall–Kier alpha value is -2.55. The monoisotopic (exact) mass is 269 g/mol. The molecule has 0 aliphatic heterocycles. The van der Waals surface area contributed by atoms with Crippen LogP contribution >= 0.6 is 0 Å². The first-order valence-corrected chi connectivity index (χ1v) is 6.17. The lowest BCUT2D eigenvalue weighted by Crippen LogP contribution is -1.82. The van der Waals surface area contributed by atoms with Gasteiger partial charge in [0.1, 0.15) is 11.6 Å². The molecule has 1 nitrogen and oxygen atoms in total. The van der Waals surface area contributed by atoms with Gasteiger partial charge in [-0.25, -0.2) is 13.2 Å². The van der Waals surface area contributed by atoms with E-state index in [1.807, 2.05) is 6.07 Å². The first-order chi connectivity index (χ1) is 9.72. The maximum absolute atomic E-state index is 12.9. The summed E-state index contributed by atoms with van der Waals surface area (Å²) in [5.74, 6) is 0.686. The van der Waals surface area contributed by atoms with Crippen molar-refractivity contribution in [2.24, 2.45) is 0 Å². The van der Waals surface area contributed by atoms with Crippen molar-refractivity contribution in [1.29, 1.82) is 0 Å². The van der Waals surface area contributed by atoms with Gasteiger partial charge in [0.2, 0.25) is 0 Å². The van der Waals surface area contributed by atoms with Gasteiger partial charge in [0.05, 0.1) is 11.1 Å². The summed E-state index contributed by atoms with van der Waals surface area (Å²) in [6.07, 6.45) is 0. The Balaban J connectivity index is 2.01. The van der Waals surface area contributed by atoms with Gasteiger partial charge in [-0.2, -0.15) is 0 Å². The van der Waals surface area contributed by atoms with Crippen LogP contribution in [-0.2, 0) is 0 Å². The summed E-state index contributed by atoms with van der Waals surface area (Å²) in [4.78, 5) is 0. The molecular formula is C17H11F2O+. The van der Waals surface area contributed by atoms with Gasteiger partial charge >= 0.3 is 11.5 Å². The highest BCUT2D eigenvalue weighted by Gasteiger charge is 2.16. The Morgan fingerprint density at radius 2 is 0.950 bits per heavy atom. The quantitative estimate of drug-likeness (QED) is 0.584. The van der Waals surface area contributed by atoms with E-state index in [0.29, 0.717) is 11.5 Å². The van der Waals surface area contributed by atoms with Crippen molar-refractivity contribution >= 4 is 0 Å². The van der Waals surface area contributed by atoms with Crippen molar-refractivity contribution in [3.05, 3.63) is 78.4 Å². The molecule has 0 aliphatic rings. The topological polar surface area (TPSA) is 11.3 Å². The third-order valence-corrected chi connectivity index (χ3v) is 2.97. The van der Waals surface area contributed by atoms with Gasteiger partial charge in [-0.3, -0.25) is 0 Å². The van der Waals surface area contributed by atoms with Crippen molar-refractivity contribution in [2.45, 2.75) is 0 Å². The average molecular weight is 269 g/mol. The van der Waals surface area contributed by atoms with Crippen LogP contribution in [0.25, 0.3) is 22.6 Å². The normalized spacial score (nSPS) is 10.5. The van der Waals surface area contributed by atoms with Crippen LogP contribution in [0.2, 0.25) is 0 Å². The number of rotatable bonds is 2. The van der Waals surface area contributed by atoms with E-state index in [1.54, 1.807) is 36.4 Å². The number of hydrogen-bond acceptors (Lipinski definition) is 0. The minimum absolute atomic E-state index is 0.288. The fraction of sp³-hybridized carbons (Fsp3) is 0. The van der Waals surface area contributed by atoms with E-state index in [4.69, 9.17) is 4.42 Å². The summed E-state index contributed by atoms with van der Waals surface area (Å²) >= 11 is 0. The largest absolute Gasteiger partial charge is 0.360 e. The average Bonchev–Trinajstić information content (AvgIpc) is 2.49. The summed E-state index contributed by atoms with van der Waals surface area (Å²) < 4.78 is 31.6. The van der Waals surface area contributed by atoms with Crippen LogP contribution in [-0.4, -0.2) is 0 Å². The van der Waals surface area contributed by atoms with Crippen LogP contribution in [0.1, 0.15) is 0 Å². The fourth-order valence-electron chi connectivity index (χ4n) is 1.95. The molecule has 2 aromatic carbocycles. The lowest BCUT2D eigenvalue weighted by atomic mass is 10.1. The molecule has 3 heteroatoms. The fourth-order valence-corrected chi connectivity index (χ4v) is 1.95. The first-order valence-electron chi connectivity index (χ1n) is 6.17. The first kappa shape index (κ1) is 12.5. The summed E-state index contributed by atoms with van der Waals surface area (Å²) in [6, 6.07) is 17.6. The molecule has 0 saturated carbocycles. The molecule has 0 radical (unpaired) electrons. The van der Waals surface area contributed by atoms with Gasteiger partial charge in [-0.1, -0.05) is 0 Å². The van der Waals surface area contributed by atoms with E-state index in [-0.39, 0.29) is 11.6 Å². The molecule has 98 valence electrons. The van der Waals surface area contributed by atoms with Crippen LogP contribution in [0.15, 0.2) is 71.1 Å². The highest BCUT2D eigenvalue weighted by atomic mass is 19.1. The lowest BCUT2D eigenvalue weighted by molar-refractivity contribution is 0.580. The molecule has 0 saturated heterocycles. The molecule has 20 heavy (non-hydrogen) atoms. The summed E-state index contributed by atoms with van der Waals surface area (Å²) in [5, 5.41) is 0. The molecule has 0 spiro atoms. The maximum Gasteiger partial charge on any atom is 0.360 e. The van der Waals surface area contributed by atoms with Gasteiger partial charge in [0, 0.05) is 12.1 Å². The summed E-state index contributed by atoms with van der Waals surface area (Å²) in [5.41, 5.74) is 1.57. The minimum atomic E-state index is -0.288. The number of halogens is 2. The smallest absolute Gasteiger partial charge is 0.207 e. The van der Waals surface area contributed by atoms with Gasteiger partial charge in [0.25, 0.3) is 0 Å². The summed E-state index contributed by atoms with van der Waals surface area (Å²) in [7, 11) is 0. The van der Waals surface area contributed by atoms with Gasteiger partial charge in [-0.15, -0.1) is 0 Å². The molecule has 0 bridgehead atoms. The third-order valence-electron chi connectivity index (χ3n) is 2.97. The second-order valence-corrected chi connectivity index (χ2v) is 4.37. The molecular weight excluding hydrogens is 258 g/mol. The zero-order chi connectivity index (χ0) is 13.9. The molecule has 0 aliphatic carbocycles. The van der Waals surface area contributed by atoms with Crippen LogP contribution in [0, 0.1) is 11.6 Å². The predicted octanol–water partition coefficient (Wildman–Crippen LogP) is 5.17. The summed E-state index contributed by atoms with van der Waals surface area (Å²) in [6.45, 7) is 0. The van der Waals surface area contributed by atoms with Crippen molar-refractivity contribution in [3.63, 3.8) is 0 Å². The second-order valence-electron chi connectivity index (χ2n) is 4.37. The van der Waals surface area contributed by atoms with E-state index in [0.717, 1.165) is 11.1 Å². The molecule has 3 aromatic rings. The Kier molecular flexibility index (Phi) is 3.25. The highest BCUT2D eigenvalue weighted by molar-refractivity contribution is 5.62. The van der Waals surface area contributed by atoms with E-state index in [9.17, 15) is 8.78 Å². The number of benzene rings is 2. The van der Waals surface area contributed by atoms with E-state index < -0.39 is 0 Å².